The van der Waals surface area contributed by atoms with E-state index < -0.39 is 0 Å². The van der Waals surface area contributed by atoms with Crippen LogP contribution in [-0.4, -0.2) is 26.8 Å². The first-order valence-electron chi connectivity index (χ1n) is 5.58. The lowest BCUT2D eigenvalue weighted by molar-refractivity contribution is 0.0159. The first-order chi connectivity index (χ1) is 7.35. The van der Waals surface area contributed by atoms with E-state index in [0.717, 1.165) is 19.8 Å². The van der Waals surface area contributed by atoms with Gasteiger partial charge in [-0.15, -0.1) is 0 Å². The molecule has 84 valence electrons. The van der Waals surface area contributed by atoms with Crippen LogP contribution >= 0.6 is 11.3 Å². The molecule has 1 fully saturated rings. The van der Waals surface area contributed by atoms with Crippen molar-refractivity contribution in [2.24, 2.45) is 5.41 Å². The third-order valence-electron chi connectivity index (χ3n) is 3.26. The third kappa shape index (κ3) is 2.80. The van der Waals surface area contributed by atoms with Gasteiger partial charge in [0.1, 0.15) is 0 Å². The molecular formula is C12H19NOS. The van der Waals surface area contributed by atoms with E-state index >= 15 is 0 Å². The summed E-state index contributed by atoms with van der Waals surface area (Å²) in [6.45, 7) is 2.95. The summed E-state index contributed by atoms with van der Waals surface area (Å²) in [5, 5.41) is 7.78. The Morgan fingerprint density at radius 2 is 2.27 bits per heavy atom. The van der Waals surface area contributed by atoms with Crippen molar-refractivity contribution in [3.63, 3.8) is 0 Å². The maximum atomic E-state index is 5.47. The molecule has 2 rings (SSSR count). The fourth-order valence-electron chi connectivity index (χ4n) is 2.42. The van der Waals surface area contributed by atoms with E-state index in [9.17, 15) is 0 Å². The predicted octanol–water partition coefficient (Wildman–Crippen LogP) is 2.31. The first-order valence-corrected chi connectivity index (χ1v) is 6.52. The van der Waals surface area contributed by atoms with Gasteiger partial charge in [0.05, 0.1) is 0 Å². The molecular weight excluding hydrogens is 206 g/mol. The minimum absolute atomic E-state index is 0.425. The highest BCUT2D eigenvalue weighted by Crippen LogP contribution is 2.34. The molecule has 1 aromatic rings. The van der Waals surface area contributed by atoms with Gasteiger partial charge in [0.2, 0.25) is 0 Å². The average Bonchev–Trinajstić information content (AvgIpc) is 2.72. The van der Waals surface area contributed by atoms with Crippen LogP contribution in [0.1, 0.15) is 18.4 Å². The summed E-state index contributed by atoms with van der Waals surface area (Å²) in [5.74, 6) is 0. The van der Waals surface area contributed by atoms with Crippen molar-refractivity contribution in [1.82, 2.24) is 5.32 Å². The van der Waals surface area contributed by atoms with Gasteiger partial charge in [-0.3, -0.25) is 0 Å². The van der Waals surface area contributed by atoms with Crippen molar-refractivity contribution in [2.45, 2.75) is 19.3 Å². The highest BCUT2D eigenvalue weighted by molar-refractivity contribution is 7.07. The molecule has 1 aromatic heterocycles. The van der Waals surface area contributed by atoms with Crippen LogP contribution in [0.2, 0.25) is 0 Å². The quantitative estimate of drug-likeness (QED) is 0.849. The zero-order valence-corrected chi connectivity index (χ0v) is 10.1. The van der Waals surface area contributed by atoms with Gasteiger partial charge in [0.25, 0.3) is 0 Å². The summed E-state index contributed by atoms with van der Waals surface area (Å²) in [7, 11) is 2.05. The second-order valence-electron chi connectivity index (χ2n) is 4.45. The van der Waals surface area contributed by atoms with E-state index in [2.05, 4.69) is 22.1 Å². The van der Waals surface area contributed by atoms with Crippen LogP contribution in [0.4, 0.5) is 0 Å². The Hall–Kier alpha value is -0.380. The smallest absolute Gasteiger partial charge is 0.0471 e. The lowest BCUT2D eigenvalue weighted by Crippen LogP contribution is -2.39. The van der Waals surface area contributed by atoms with Crippen LogP contribution in [0.15, 0.2) is 16.8 Å². The Morgan fingerprint density at radius 3 is 2.87 bits per heavy atom. The molecule has 0 spiro atoms. The predicted molar refractivity (Wildman–Crippen MR) is 64.4 cm³/mol. The fraction of sp³-hybridized carbons (Fsp3) is 0.667. The minimum Gasteiger partial charge on any atom is -0.381 e. The van der Waals surface area contributed by atoms with E-state index in [0.29, 0.717) is 5.41 Å². The minimum atomic E-state index is 0.425. The number of rotatable bonds is 4. The molecule has 2 heterocycles. The molecule has 1 saturated heterocycles. The monoisotopic (exact) mass is 225 g/mol. The molecule has 2 nitrogen and oxygen atoms in total. The van der Waals surface area contributed by atoms with Gasteiger partial charge >= 0.3 is 0 Å². The van der Waals surface area contributed by atoms with Crippen molar-refractivity contribution in [3.05, 3.63) is 22.4 Å². The molecule has 0 bridgehead atoms. The molecule has 0 aromatic carbocycles. The largest absolute Gasteiger partial charge is 0.381 e. The Kier molecular flexibility index (Phi) is 3.78. The van der Waals surface area contributed by atoms with Gasteiger partial charge < -0.3 is 10.1 Å². The van der Waals surface area contributed by atoms with Gasteiger partial charge in [-0.05, 0) is 54.1 Å². The number of hydrogen-bond acceptors (Lipinski definition) is 3. The summed E-state index contributed by atoms with van der Waals surface area (Å²) in [6.07, 6.45) is 3.56. The van der Waals surface area contributed by atoms with E-state index in [-0.39, 0.29) is 0 Å². The molecule has 0 radical (unpaired) electrons. The topological polar surface area (TPSA) is 21.3 Å². The molecule has 0 amide bonds. The van der Waals surface area contributed by atoms with E-state index in [1.165, 1.54) is 24.8 Å². The lowest BCUT2D eigenvalue weighted by atomic mass is 9.75. The fourth-order valence-corrected chi connectivity index (χ4v) is 3.09. The number of ether oxygens (including phenoxy) is 1. The number of nitrogens with one attached hydrogen (secondary N) is 1. The lowest BCUT2D eigenvalue weighted by Gasteiger charge is -2.37. The van der Waals surface area contributed by atoms with Crippen LogP contribution in [0.25, 0.3) is 0 Å². The van der Waals surface area contributed by atoms with Crippen molar-refractivity contribution in [2.75, 3.05) is 26.8 Å². The van der Waals surface area contributed by atoms with Crippen molar-refractivity contribution < 1.29 is 4.74 Å². The molecule has 0 unspecified atom stereocenters. The molecule has 0 atom stereocenters. The normalized spacial score (nSPS) is 20.3. The molecule has 1 N–H and O–H groups in total. The van der Waals surface area contributed by atoms with Crippen LogP contribution < -0.4 is 5.32 Å². The molecule has 0 aliphatic carbocycles. The second-order valence-corrected chi connectivity index (χ2v) is 5.23. The zero-order chi connectivity index (χ0) is 10.6. The SMILES string of the molecule is CNCC1(Cc2ccsc2)CCOCC1. The van der Waals surface area contributed by atoms with Gasteiger partial charge in [0, 0.05) is 19.8 Å². The van der Waals surface area contributed by atoms with Gasteiger partial charge in [0.15, 0.2) is 0 Å². The standard InChI is InChI=1S/C12H19NOS/c1-13-10-12(3-5-14-6-4-12)8-11-2-7-15-9-11/h2,7,9,13H,3-6,8,10H2,1H3. The molecule has 15 heavy (non-hydrogen) atoms. The molecule has 1 aliphatic rings. The Balaban J connectivity index is 2.04. The highest BCUT2D eigenvalue weighted by Gasteiger charge is 2.32. The Morgan fingerprint density at radius 1 is 1.47 bits per heavy atom. The summed E-state index contributed by atoms with van der Waals surface area (Å²) < 4.78 is 5.47. The van der Waals surface area contributed by atoms with Gasteiger partial charge in [-0.25, -0.2) is 0 Å². The maximum Gasteiger partial charge on any atom is 0.0471 e. The highest BCUT2D eigenvalue weighted by atomic mass is 32.1. The van der Waals surface area contributed by atoms with Crippen LogP contribution in [-0.2, 0) is 11.2 Å². The summed E-state index contributed by atoms with van der Waals surface area (Å²) in [6, 6.07) is 2.25. The third-order valence-corrected chi connectivity index (χ3v) is 4.00. The molecule has 3 heteroatoms. The first kappa shape index (κ1) is 11.1. The zero-order valence-electron chi connectivity index (χ0n) is 9.29. The molecule has 1 aliphatic heterocycles. The Labute approximate surface area is 95.6 Å². The molecule has 0 saturated carbocycles. The van der Waals surface area contributed by atoms with E-state index in [4.69, 9.17) is 4.74 Å². The maximum absolute atomic E-state index is 5.47. The van der Waals surface area contributed by atoms with Gasteiger partial charge in [-0.1, -0.05) is 0 Å². The number of hydrogen-bond donors (Lipinski definition) is 1. The number of thiophene rings is 1. The van der Waals surface area contributed by atoms with Crippen LogP contribution in [0.5, 0.6) is 0 Å². The van der Waals surface area contributed by atoms with Crippen molar-refractivity contribution in [1.29, 1.82) is 0 Å². The van der Waals surface area contributed by atoms with E-state index in [1.807, 2.05) is 7.05 Å². The summed E-state index contributed by atoms with van der Waals surface area (Å²) in [4.78, 5) is 0. The van der Waals surface area contributed by atoms with Crippen LogP contribution in [0.3, 0.4) is 0 Å². The van der Waals surface area contributed by atoms with Crippen LogP contribution in [0, 0.1) is 5.41 Å². The van der Waals surface area contributed by atoms with Crippen molar-refractivity contribution >= 4 is 11.3 Å². The van der Waals surface area contributed by atoms with Gasteiger partial charge in [-0.2, -0.15) is 11.3 Å². The average molecular weight is 225 g/mol. The van der Waals surface area contributed by atoms with Crippen molar-refractivity contribution in [3.8, 4) is 0 Å². The second kappa shape index (κ2) is 5.10. The summed E-state index contributed by atoms with van der Waals surface area (Å²) >= 11 is 1.79. The Bertz CT molecular complexity index is 272. The van der Waals surface area contributed by atoms with E-state index in [1.54, 1.807) is 11.3 Å². The summed E-state index contributed by atoms with van der Waals surface area (Å²) in [5.41, 5.74) is 1.91.